The maximum atomic E-state index is 13.7. The summed E-state index contributed by atoms with van der Waals surface area (Å²) in [7, 11) is 1.60. The molecule has 1 saturated carbocycles. The predicted molar refractivity (Wildman–Crippen MR) is 137 cm³/mol. The lowest BCUT2D eigenvalue weighted by Crippen LogP contribution is -2.16. The lowest BCUT2D eigenvalue weighted by atomic mass is 9.88. The molecule has 2 atom stereocenters. The number of hydrogen-bond acceptors (Lipinski definition) is 3. The third-order valence-electron chi connectivity index (χ3n) is 6.57. The summed E-state index contributed by atoms with van der Waals surface area (Å²) in [6.45, 7) is 3.58. The summed E-state index contributed by atoms with van der Waals surface area (Å²) >= 11 is 0. The predicted octanol–water partition coefficient (Wildman–Crippen LogP) is 7.37. The van der Waals surface area contributed by atoms with Crippen LogP contribution in [0.25, 0.3) is 5.57 Å². The number of benzene rings is 2. The van der Waals surface area contributed by atoms with Gasteiger partial charge in [-0.3, -0.25) is 4.79 Å². The van der Waals surface area contributed by atoms with Gasteiger partial charge >= 0.3 is 5.97 Å². The molecule has 0 spiro atoms. The summed E-state index contributed by atoms with van der Waals surface area (Å²) in [5, 5.41) is 3.69. The molecule has 1 fully saturated rings. The number of halogens is 2. The van der Waals surface area contributed by atoms with Crippen molar-refractivity contribution in [1.82, 2.24) is 0 Å². The van der Waals surface area contributed by atoms with Gasteiger partial charge in [0.1, 0.15) is 6.10 Å². The molecule has 6 heteroatoms. The second-order valence-corrected chi connectivity index (χ2v) is 9.92. The van der Waals surface area contributed by atoms with Gasteiger partial charge in [0.25, 0.3) is 5.66 Å². The molecule has 0 radical (unpaired) electrons. The van der Waals surface area contributed by atoms with Crippen LogP contribution >= 0.6 is 9.24 Å². The number of carbonyl (C=O) groups excluding carboxylic acids is 1. The first-order chi connectivity index (χ1) is 16.2. The van der Waals surface area contributed by atoms with Crippen molar-refractivity contribution in [2.24, 2.45) is 0 Å². The molecule has 1 N–H and O–H groups in total. The van der Waals surface area contributed by atoms with Crippen LogP contribution in [0, 0.1) is 0 Å². The summed E-state index contributed by atoms with van der Waals surface area (Å²) < 4.78 is 32.8. The van der Waals surface area contributed by atoms with E-state index in [-0.39, 0.29) is 17.6 Å². The number of hydrogen-bond donors (Lipinski definition) is 1. The summed E-state index contributed by atoms with van der Waals surface area (Å²) in [6, 6.07) is 12.8. The molecular weight excluding hydrogens is 451 g/mol. The maximum Gasteiger partial charge on any atom is 0.302 e. The molecule has 2 aromatic carbocycles. The number of alkyl halides is 2. The van der Waals surface area contributed by atoms with Crippen molar-refractivity contribution in [3.8, 4) is 0 Å². The third kappa shape index (κ3) is 5.75. The molecule has 2 unspecified atom stereocenters. The molecule has 180 valence electrons. The van der Waals surface area contributed by atoms with Gasteiger partial charge in [0, 0.05) is 36.7 Å². The van der Waals surface area contributed by atoms with Gasteiger partial charge in [0.2, 0.25) is 0 Å². The quantitative estimate of drug-likeness (QED) is 0.315. The highest BCUT2D eigenvalue weighted by Gasteiger charge is 2.27. The van der Waals surface area contributed by atoms with Gasteiger partial charge in [-0.05, 0) is 65.7 Å². The van der Waals surface area contributed by atoms with Crippen molar-refractivity contribution in [1.29, 1.82) is 0 Å². The number of allylic oxidation sites excluding steroid dienone is 3. The van der Waals surface area contributed by atoms with E-state index < -0.39 is 5.66 Å². The van der Waals surface area contributed by atoms with Gasteiger partial charge in [-0.2, -0.15) is 8.78 Å². The standard InChI is InChI=1S/C28H32F2NO2P/c1-3-6-21(19-11-13-23(14-12-19)28(29,30)34)16-27(20-7-4-8-20)31-26-10-5-9-22-15-24(17-25(22)26)33-18(2)32/h5,9-14,16,24,31H,3-4,6-8,15,17,34H2,1-2H3/b21-16+. The number of nitrogens with one attached hydrogen (secondary N) is 1. The highest BCUT2D eigenvalue weighted by molar-refractivity contribution is 7.17. The first-order valence-corrected chi connectivity index (χ1v) is 12.6. The van der Waals surface area contributed by atoms with Crippen LogP contribution in [0.4, 0.5) is 14.5 Å². The van der Waals surface area contributed by atoms with Gasteiger partial charge in [-0.25, -0.2) is 0 Å². The van der Waals surface area contributed by atoms with Gasteiger partial charge in [-0.15, -0.1) is 0 Å². The molecule has 0 saturated heterocycles. The van der Waals surface area contributed by atoms with Crippen LogP contribution in [0.1, 0.15) is 68.2 Å². The molecular formula is C28H32F2NO2P. The lowest BCUT2D eigenvalue weighted by Gasteiger charge is -2.24. The SMILES string of the molecule is CCC/C(=C\C(Nc1cccc2c1CC(OC(C)=O)C2)=C1CCC1)c1ccc(C(F)(F)P)cc1. The zero-order valence-electron chi connectivity index (χ0n) is 19.8. The van der Waals surface area contributed by atoms with Crippen molar-refractivity contribution < 1.29 is 18.3 Å². The minimum absolute atomic E-state index is 0.00465. The Morgan fingerprint density at radius 3 is 2.50 bits per heavy atom. The number of carbonyl (C=O) groups is 1. The monoisotopic (exact) mass is 483 g/mol. The average molecular weight is 484 g/mol. The Kier molecular flexibility index (Phi) is 7.52. The van der Waals surface area contributed by atoms with Crippen molar-refractivity contribution in [2.75, 3.05) is 5.32 Å². The minimum atomic E-state index is -2.93. The second kappa shape index (κ2) is 10.4. The van der Waals surface area contributed by atoms with E-state index in [0.29, 0.717) is 6.42 Å². The molecule has 0 amide bonds. The first-order valence-electron chi connectivity index (χ1n) is 12.0. The van der Waals surface area contributed by atoms with Gasteiger partial charge in [-0.1, -0.05) is 59.0 Å². The highest BCUT2D eigenvalue weighted by atomic mass is 31.0. The Labute approximate surface area is 202 Å². The molecule has 4 rings (SSSR count). The summed E-state index contributed by atoms with van der Waals surface area (Å²) in [5.74, 6) is -0.248. The van der Waals surface area contributed by atoms with Gasteiger partial charge in [0.05, 0.1) is 0 Å². The molecule has 0 aliphatic heterocycles. The number of anilines is 1. The molecule has 0 bridgehead atoms. The fourth-order valence-electron chi connectivity index (χ4n) is 4.69. The van der Waals surface area contributed by atoms with Crippen LogP contribution in [0.5, 0.6) is 0 Å². The van der Waals surface area contributed by atoms with Gasteiger partial charge in [0.15, 0.2) is 0 Å². The second-order valence-electron chi connectivity index (χ2n) is 9.20. The van der Waals surface area contributed by atoms with Crippen LogP contribution in [0.15, 0.2) is 59.8 Å². The molecule has 2 aliphatic carbocycles. The molecule has 2 aromatic rings. The first kappa shape index (κ1) is 24.6. The number of rotatable bonds is 8. The number of ether oxygens (including phenoxy) is 1. The van der Waals surface area contributed by atoms with E-state index in [2.05, 4.69) is 30.4 Å². The summed E-state index contributed by atoms with van der Waals surface area (Å²) in [4.78, 5) is 11.4. The average Bonchev–Trinajstić information content (AvgIpc) is 3.14. The zero-order valence-corrected chi connectivity index (χ0v) is 21.0. The van der Waals surface area contributed by atoms with Crippen LogP contribution in [-0.2, 0) is 28.0 Å². The van der Waals surface area contributed by atoms with Crippen LogP contribution in [0.3, 0.4) is 0 Å². The van der Waals surface area contributed by atoms with E-state index >= 15 is 0 Å². The Morgan fingerprint density at radius 1 is 1.18 bits per heavy atom. The molecule has 34 heavy (non-hydrogen) atoms. The van der Waals surface area contributed by atoms with Crippen LogP contribution in [0.2, 0.25) is 0 Å². The largest absolute Gasteiger partial charge is 0.462 e. The summed E-state index contributed by atoms with van der Waals surface area (Å²) in [5.41, 5.74) is 5.10. The number of fused-ring (bicyclic) bond motifs is 1. The van der Waals surface area contributed by atoms with Crippen molar-refractivity contribution >= 4 is 26.5 Å². The van der Waals surface area contributed by atoms with E-state index in [1.807, 2.05) is 6.07 Å². The Balaban J connectivity index is 1.64. The summed E-state index contributed by atoms with van der Waals surface area (Å²) in [6.07, 6.45) is 8.63. The van der Waals surface area contributed by atoms with Crippen molar-refractivity contribution in [2.45, 2.75) is 70.6 Å². The molecule has 0 heterocycles. The topological polar surface area (TPSA) is 38.3 Å². The van der Waals surface area contributed by atoms with Crippen LogP contribution < -0.4 is 5.32 Å². The van der Waals surface area contributed by atoms with E-state index in [1.165, 1.54) is 42.2 Å². The molecule has 0 aromatic heterocycles. The van der Waals surface area contributed by atoms with Gasteiger partial charge < -0.3 is 10.1 Å². The van der Waals surface area contributed by atoms with E-state index in [0.717, 1.165) is 54.6 Å². The smallest absolute Gasteiger partial charge is 0.302 e. The molecule has 3 nitrogen and oxygen atoms in total. The Hall–Kier alpha value is -2.52. The van der Waals surface area contributed by atoms with E-state index in [9.17, 15) is 13.6 Å². The Bertz CT molecular complexity index is 1110. The third-order valence-corrected chi connectivity index (χ3v) is 6.90. The van der Waals surface area contributed by atoms with Crippen molar-refractivity contribution in [3.63, 3.8) is 0 Å². The van der Waals surface area contributed by atoms with Crippen molar-refractivity contribution in [3.05, 3.63) is 82.1 Å². The minimum Gasteiger partial charge on any atom is -0.462 e. The zero-order chi connectivity index (χ0) is 24.3. The highest BCUT2D eigenvalue weighted by Crippen LogP contribution is 2.37. The fourth-order valence-corrected chi connectivity index (χ4v) is 4.88. The van der Waals surface area contributed by atoms with Crippen LogP contribution in [-0.4, -0.2) is 12.1 Å². The number of esters is 1. The van der Waals surface area contributed by atoms with E-state index in [1.54, 1.807) is 21.4 Å². The van der Waals surface area contributed by atoms with E-state index in [4.69, 9.17) is 4.74 Å². The normalized spacial score (nSPS) is 17.7. The molecule has 2 aliphatic rings. The lowest BCUT2D eigenvalue weighted by molar-refractivity contribution is -0.145. The maximum absolute atomic E-state index is 13.7. The fraction of sp³-hybridized carbons (Fsp3) is 0.393. The Morgan fingerprint density at radius 2 is 1.91 bits per heavy atom.